The summed E-state index contributed by atoms with van der Waals surface area (Å²) in [5, 5.41) is 0. The van der Waals surface area contributed by atoms with Crippen LogP contribution in [0.25, 0.3) is 0 Å². The first kappa shape index (κ1) is 21.2. The maximum Gasteiger partial charge on any atom is 0.0846 e. The Morgan fingerprint density at radius 2 is 1.93 bits per heavy atom. The van der Waals surface area contributed by atoms with Gasteiger partial charge in [-0.25, -0.2) is 0 Å². The van der Waals surface area contributed by atoms with Crippen LogP contribution in [0.4, 0.5) is 0 Å². The summed E-state index contributed by atoms with van der Waals surface area (Å²) in [6.45, 7) is 8.88. The van der Waals surface area contributed by atoms with Crippen molar-refractivity contribution in [1.82, 2.24) is 4.90 Å². The number of halogens is 1. The minimum Gasteiger partial charge on any atom is -0.365 e. The summed E-state index contributed by atoms with van der Waals surface area (Å²) in [6, 6.07) is 11.5. The molecule has 1 heterocycles. The molecule has 6 atom stereocenters. The predicted molar refractivity (Wildman–Crippen MR) is 130 cm³/mol. The number of alkyl halides is 1. The SMILES string of the molecule is CCCC1(Cl)C2CC3(c4ccccc4)CC1C(C(=S)N1CC[C@H](N)C(C)(C)C1)(C2)C3. The molecule has 2 nitrogen and oxygen atoms in total. The second-order valence-corrected chi connectivity index (χ2v) is 12.7. The molecule has 4 aliphatic carbocycles. The smallest absolute Gasteiger partial charge is 0.0846 e. The molecular weight excluding hydrogens is 408 g/mol. The highest BCUT2D eigenvalue weighted by Gasteiger charge is 2.74. The van der Waals surface area contributed by atoms with Gasteiger partial charge in [-0.3, -0.25) is 0 Å². The Balaban J connectivity index is 1.53. The largest absolute Gasteiger partial charge is 0.365 e. The van der Waals surface area contributed by atoms with Crippen molar-refractivity contribution in [2.24, 2.45) is 28.4 Å². The van der Waals surface area contributed by atoms with Crippen LogP contribution in [0.2, 0.25) is 0 Å². The van der Waals surface area contributed by atoms with Gasteiger partial charge >= 0.3 is 0 Å². The number of nitrogens with zero attached hydrogens (tertiary/aromatic N) is 1. The normalized spacial score (nSPS) is 43.9. The van der Waals surface area contributed by atoms with Crippen LogP contribution >= 0.6 is 23.8 Å². The minimum atomic E-state index is -0.0741. The molecule has 5 unspecified atom stereocenters. The molecule has 30 heavy (non-hydrogen) atoms. The number of likely N-dealkylation sites (tertiary alicyclic amines) is 1. The van der Waals surface area contributed by atoms with Crippen molar-refractivity contribution in [1.29, 1.82) is 0 Å². The van der Waals surface area contributed by atoms with Crippen LogP contribution in [0, 0.1) is 22.7 Å². The first-order valence-corrected chi connectivity index (χ1v) is 12.7. The van der Waals surface area contributed by atoms with Crippen molar-refractivity contribution in [2.45, 2.75) is 82.0 Å². The van der Waals surface area contributed by atoms with Gasteiger partial charge in [-0.1, -0.05) is 69.7 Å². The van der Waals surface area contributed by atoms with Crippen LogP contribution in [0.1, 0.15) is 71.3 Å². The van der Waals surface area contributed by atoms with E-state index in [4.69, 9.17) is 29.6 Å². The second kappa shape index (κ2) is 6.93. The Hall–Kier alpha value is -0.640. The lowest BCUT2D eigenvalue weighted by Crippen LogP contribution is -2.57. The van der Waals surface area contributed by atoms with Crippen LogP contribution in [0.5, 0.6) is 0 Å². The third kappa shape index (κ3) is 2.80. The van der Waals surface area contributed by atoms with E-state index in [9.17, 15) is 0 Å². The standard InChI is InChI=1S/C26H37ClN2S/c1-4-11-26(27)19-13-24(18-8-6-5-7-9-18)15-20(26)25(14-19,16-24)22(30)29-12-10-21(28)23(2,3)17-29/h5-9,19-21H,4,10-17,28H2,1-3H3/t19?,20?,21-,24?,25?,26?/m0/s1. The molecule has 1 aromatic rings. The molecule has 164 valence electrons. The number of thiocarbonyl (C=S) groups is 1. The van der Waals surface area contributed by atoms with Crippen molar-refractivity contribution >= 4 is 28.8 Å². The van der Waals surface area contributed by atoms with E-state index < -0.39 is 0 Å². The molecule has 4 heteroatoms. The van der Waals surface area contributed by atoms with E-state index in [1.807, 2.05) is 0 Å². The molecule has 4 saturated carbocycles. The third-order valence-corrected chi connectivity index (χ3v) is 10.9. The number of nitrogens with two attached hydrogens (primary N) is 1. The van der Waals surface area contributed by atoms with E-state index in [0.29, 0.717) is 11.8 Å². The zero-order chi connectivity index (χ0) is 21.4. The Labute approximate surface area is 192 Å². The highest BCUT2D eigenvalue weighted by molar-refractivity contribution is 7.80. The maximum absolute atomic E-state index is 7.56. The summed E-state index contributed by atoms with van der Waals surface area (Å²) in [5.41, 5.74) is 8.41. The molecule has 1 aromatic carbocycles. The molecule has 0 amide bonds. The van der Waals surface area contributed by atoms with Gasteiger partial charge in [0.1, 0.15) is 0 Å². The van der Waals surface area contributed by atoms with Crippen LogP contribution < -0.4 is 5.73 Å². The average Bonchev–Trinajstić information content (AvgIpc) is 3.07. The molecule has 5 fully saturated rings. The van der Waals surface area contributed by atoms with Gasteiger partial charge in [-0.15, -0.1) is 11.6 Å². The molecule has 2 N–H and O–H groups in total. The molecule has 1 saturated heterocycles. The van der Waals surface area contributed by atoms with Crippen molar-refractivity contribution in [3.05, 3.63) is 35.9 Å². The van der Waals surface area contributed by atoms with Gasteiger partial charge in [-0.2, -0.15) is 0 Å². The fourth-order valence-corrected chi connectivity index (χ4v) is 9.14. The molecule has 4 bridgehead atoms. The van der Waals surface area contributed by atoms with Gasteiger partial charge in [0.25, 0.3) is 0 Å². The van der Waals surface area contributed by atoms with Crippen LogP contribution in [0.15, 0.2) is 30.3 Å². The highest BCUT2D eigenvalue weighted by Crippen LogP contribution is 2.76. The number of hydrogen-bond acceptors (Lipinski definition) is 2. The lowest BCUT2D eigenvalue weighted by Gasteiger charge is -2.48. The number of benzene rings is 1. The third-order valence-electron chi connectivity index (χ3n) is 9.47. The molecule has 6 rings (SSSR count). The molecule has 0 radical (unpaired) electrons. The van der Waals surface area contributed by atoms with Crippen molar-refractivity contribution in [3.63, 3.8) is 0 Å². The summed E-state index contributed by atoms with van der Waals surface area (Å²) in [5.74, 6) is 1.07. The summed E-state index contributed by atoms with van der Waals surface area (Å²) in [4.78, 5) is 3.67. The maximum atomic E-state index is 7.56. The van der Waals surface area contributed by atoms with Crippen LogP contribution in [-0.4, -0.2) is 33.9 Å². The predicted octanol–water partition coefficient (Wildman–Crippen LogP) is 5.91. The summed E-state index contributed by atoms with van der Waals surface area (Å²) in [7, 11) is 0. The van der Waals surface area contributed by atoms with Gasteiger partial charge in [0, 0.05) is 24.5 Å². The molecule has 0 spiro atoms. The first-order chi connectivity index (χ1) is 14.2. The Kier molecular flexibility index (Phi) is 4.90. The van der Waals surface area contributed by atoms with Crippen molar-refractivity contribution in [2.75, 3.05) is 13.1 Å². The molecule has 0 aromatic heterocycles. The number of rotatable bonds is 4. The Morgan fingerprint density at radius 3 is 2.60 bits per heavy atom. The van der Waals surface area contributed by atoms with E-state index in [-0.39, 0.29) is 27.2 Å². The van der Waals surface area contributed by atoms with Gasteiger partial charge in [-0.05, 0) is 66.8 Å². The lowest BCUT2D eigenvalue weighted by molar-refractivity contribution is 0.133. The molecule has 1 aliphatic heterocycles. The second-order valence-electron chi connectivity index (χ2n) is 11.6. The van der Waals surface area contributed by atoms with Crippen LogP contribution in [0.3, 0.4) is 0 Å². The van der Waals surface area contributed by atoms with Gasteiger partial charge < -0.3 is 10.6 Å². The summed E-state index contributed by atoms with van der Waals surface area (Å²) >= 11 is 14.0. The van der Waals surface area contributed by atoms with Crippen molar-refractivity contribution in [3.8, 4) is 0 Å². The molecule has 5 aliphatic rings. The first-order valence-electron chi connectivity index (χ1n) is 12.0. The Morgan fingerprint density at radius 1 is 1.20 bits per heavy atom. The fraction of sp³-hybridized carbons (Fsp3) is 0.731. The van der Waals surface area contributed by atoms with Crippen molar-refractivity contribution < 1.29 is 0 Å². The quantitative estimate of drug-likeness (QED) is 0.462. The van der Waals surface area contributed by atoms with E-state index in [1.54, 1.807) is 0 Å². The summed E-state index contributed by atoms with van der Waals surface area (Å²) in [6.07, 6.45) is 8.12. The zero-order valence-electron chi connectivity index (χ0n) is 18.8. The average molecular weight is 445 g/mol. The summed E-state index contributed by atoms with van der Waals surface area (Å²) < 4.78 is 0. The Bertz CT molecular complexity index is 841. The van der Waals surface area contributed by atoms with E-state index in [0.717, 1.165) is 32.4 Å². The van der Waals surface area contributed by atoms with E-state index >= 15 is 0 Å². The van der Waals surface area contributed by atoms with Crippen LogP contribution in [-0.2, 0) is 5.41 Å². The van der Waals surface area contributed by atoms with Gasteiger partial charge in [0.15, 0.2) is 0 Å². The number of hydrogen-bond donors (Lipinski definition) is 1. The van der Waals surface area contributed by atoms with E-state index in [2.05, 4.69) is 56.0 Å². The lowest BCUT2D eigenvalue weighted by atomic mass is 9.61. The van der Waals surface area contributed by atoms with E-state index in [1.165, 1.54) is 36.2 Å². The molecular formula is C26H37ClN2S. The number of piperidine rings is 1. The topological polar surface area (TPSA) is 29.3 Å². The zero-order valence-corrected chi connectivity index (χ0v) is 20.4. The minimum absolute atomic E-state index is 0.0741. The fourth-order valence-electron chi connectivity index (χ4n) is 8.06. The highest BCUT2D eigenvalue weighted by atomic mass is 35.5. The monoisotopic (exact) mass is 444 g/mol. The van der Waals surface area contributed by atoms with Gasteiger partial charge in [0.05, 0.1) is 9.86 Å². The van der Waals surface area contributed by atoms with Gasteiger partial charge in [0.2, 0.25) is 0 Å².